The van der Waals surface area contributed by atoms with Crippen LogP contribution in [0.3, 0.4) is 0 Å². The normalized spacial score (nSPS) is 16.3. The maximum absolute atomic E-state index is 11.8. The average molecular weight is 149 g/mol. The third-order valence-electron chi connectivity index (χ3n) is 1.24. The summed E-state index contributed by atoms with van der Waals surface area (Å²) in [6, 6.07) is -0.925. The van der Waals surface area contributed by atoms with Crippen LogP contribution < -0.4 is 5.73 Å². The highest BCUT2D eigenvalue weighted by atomic mass is 19.1. The van der Waals surface area contributed by atoms with Gasteiger partial charge in [-0.15, -0.1) is 0 Å². The van der Waals surface area contributed by atoms with E-state index in [0.29, 0.717) is 0 Å². The molecule has 4 heteroatoms. The Labute approximate surface area is 59.0 Å². The van der Waals surface area contributed by atoms with E-state index in [-0.39, 0.29) is 12.3 Å². The molecule has 60 valence electrons. The fourth-order valence-corrected chi connectivity index (χ4v) is 0.597. The summed E-state index contributed by atoms with van der Waals surface area (Å²) in [4.78, 5) is 10.1. The summed E-state index contributed by atoms with van der Waals surface area (Å²) in [6.07, 6.45) is 0.200. The van der Waals surface area contributed by atoms with Gasteiger partial charge in [-0.3, -0.25) is 9.18 Å². The van der Waals surface area contributed by atoms with Crippen molar-refractivity contribution < 1.29 is 14.3 Å². The number of carbonyl (C=O) groups is 1. The minimum absolute atomic E-state index is 0.200. The molecule has 0 spiro atoms. The Morgan fingerprint density at radius 1 is 1.80 bits per heavy atom. The minimum atomic E-state index is -1.07. The second-order valence-corrected chi connectivity index (χ2v) is 2.44. The largest absolute Gasteiger partial charge is 0.480 e. The van der Waals surface area contributed by atoms with Crippen molar-refractivity contribution >= 4 is 5.97 Å². The molecule has 0 saturated carbocycles. The molecule has 0 aliphatic rings. The second-order valence-electron chi connectivity index (χ2n) is 2.44. The van der Waals surface area contributed by atoms with E-state index in [9.17, 15) is 9.18 Å². The molecule has 0 aromatic rings. The fraction of sp³-hybridized carbons (Fsp3) is 0.833. The van der Waals surface area contributed by atoms with Crippen LogP contribution in [-0.2, 0) is 4.79 Å². The smallest absolute Gasteiger partial charge is 0.320 e. The quantitative estimate of drug-likeness (QED) is 0.608. The maximum atomic E-state index is 11.8. The van der Waals surface area contributed by atoms with Crippen molar-refractivity contribution in [3.63, 3.8) is 0 Å². The fourth-order valence-electron chi connectivity index (χ4n) is 0.597. The van der Waals surface area contributed by atoms with E-state index in [0.717, 1.165) is 0 Å². The molecule has 0 aliphatic carbocycles. The molecule has 3 nitrogen and oxygen atoms in total. The number of halogens is 1. The highest BCUT2D eigenvalue weighted by Crippen LogP contribution is 2.04. The van der Waals surface area contributed by atoms with Crippen LogP contribution in [0.2, 0.25) is 0 Å². The molecule has 0 bridgehead atoms. The van der Waals surface area contributed by atoms with Gasteiger partial charge >= 0.3 is 5.97 Å². The zero-order chi connectivity index (χ0) is 8.15. The predicted octanol–water partition coefficient (Wildman–Crippen LogP) is 0.394. The van der Waals surface area contributed by atoms with Crippen molar-refractivity contribution in [3.05, 3.63) is 0 Å². The molecular weight excluding hydrogens is 137 g/mol. The predicted molar refractivity (Wildman–Crippen MR) is 35.4 cm³/mol. The lowest BCUT2D eigenvalue weighted by Gasteiger charge is -2.09. The van der Waals surface area contributed by atoms with Gasteiger partial charge in [0.2, 0.25) is 0 Å². The molecule has 3 N–H and O–H groups in total. The van der Waals surface area contributed by atoms with Gasteiger partial charge in [0.05, 0.1) is 6.67 Å². The van der Waals surface area contributed by atoms with Gasteiger partial charge in [0, 0.05) is 0 Å². The Kier molecular flexibility index (Phi) is 3.95. The summed E-state index contributed by atoms with van der Waals surface area (Å²) >= 11 is 0. The topological polar surface area (TPSA) is 63.3 Å². The third kappa shape index (κ3) is 3.40. The Bertz CT molecular complexity index is 118. The standard InChI is InChI=1S/C6H12FNO2/c1-4(3-7)2-5(8)6(9)10/h4-5H,2-3,8H2,1H3,(H,9,10)/t4?,5-/m0/s1. The van der Waals surface area contributed by atoms with E-state index in [2.05, 4.69) is 0 Å². The van der Waals surface area contributed by atoms with E-state index in [1.165, 1.54) is 0 Å². The number of nitrogens with two attached hydrogens (primary N) is 1. The van der Waals surface area contributed by atoms with Crippen molar-refractivity contribution in [1.82, 2.24) is 0 Å². The summed E-state index contributed by atoms with van der Waals surface area (Å²) in [7, 11) is 0. The molecule has 0 heterocycles. The first-order chi connectivity index (χ1) is 4.57. The summed E-state index contributed by atoms with van der Waals surface area (Å²) in [5, 5.41) is 8.28. The Morgan fingerprint density at radius 3 is 2.60 bits per heavy atom. The Balaban J connectivity index is 3.56. The van der Waals surface area contributed by atoms with Crippen molar-refractivity contribution in [2.75, 3.05) is 6.67 Å². The van der Waals surface area contributed by atoms with E-state index in [1.54, 1.807) is 6.92 Å². The SMILES string of the molecule is CC(CF)C[C@H](N)C(=O)O. The lowest BCUT2D eigenvalue weighted by molar-refractivity contribution is -0.138. The summed E-state index contributed by atoms with van der Waals surface area (Å²) in [5.41, 5.74) is 5.13. The third-order valence-corrected chi connectivity index (χ3v) is 1.24. The molecule has 0 fully saturated rings. The first kappa shape index (κ1) is 9.36. The van der Waals surface area contributed by atoms with Crippen LogP contribution in [0.15, 0.2) is 0 Å². The van der Waals surface area contributed by atoms with Crippen molar-refractivity contribution in [2.24, 2.45) is 11.7 Å². The molecule has 0 aromatic heterocycles. The highest BCUT2D eigenvalue weighted by Gasteiger charge is 2.14. The van der Waals surface area contributed by atoms with Crippen LogP contribution in [0.1, 0.15) is 13.3 Å². The lowest BCUT2D eigenvalue weighted by Crippen LogP contribution is -2.32. The average Bonchev–Trinajstić information content (AvgIpc) is 1.87. The van der Waals surface area contributed by atoms with E-state index in [1.807, 2.05) is 0 Å². The van der Waals surface area contributed by atoms with Gasteiger partial charge in [0.1, 0.15) is 6.04 Å². The summed E-state index contributed by atoms with van der Waals surface area (Å²) < 4.78 is 11.8. The molecule has 0 radical (unpaired) electrons. The monoisotopic (exact) mass is 149 g/mol. The molecule has 0 amide bonds. The molecule has 0 saturated heterocycles. The van der Waals surface area contributed by atoms with Crippen molar-refractivity contribution in [3.8, 4) is 0 Å². The van der Waals surface area contributed by atoms with Crippen LogP contribution >= 0.6 is 0 Å². The summed E-state index contributed by atoms with van der Waals surface area (Å²) in [6.45, 7) is 1.11. The number of carboxylic acids is 1. The second kappa shape index (κ2) is 4.22. The number of aliphatic carboxylic acids is 1. The molecule has 0 aromatic carbocycles. The van der Waals surface area contributed by atoms with Crippen molar-refractivity contribution in [1.29, 1.82) is 0 Å². The van der Waals surface area contributed by atoms with Crippen LogP contribution in [0, 0.1) is 5.92 Å². The van der Waals surface area contributed by atoms with Gasteiger partial charge in [-0.1, -0.05) is 6.92 Å². The van der Waals surface area contributed by atoms with E-state index in [4.69, 9.17) is 10.8 Å². The van der Waals surface area contributed by atoms with Crippen LogP contribution in [0.5, 0.6) is 0 Å². The van der Waals surface area contributed by atoms with E-state index < -0.39 is 18.7 Å². The number of carboxylic acid groups (broad SMARTS) is 1. The van der Waals surface area contributed by atoms with Gasteiger partial charge in [-0.05, 0) is 12.3 Å². The maximum Gasteiger partial charge on any atom is 0.320 e. The summed E-state index contributed by atoms with van der Waals surface area (Å²) in [5.74, 6) is -1.33. The van der Waals surface area contributed by atoms with Gasteiger partial charge < -0.3 is 10.8 Å². The Morgan fingerprint density at radius 2 is 2.30 bits per heavy atom. The number of hydrogen-bond donors (Lipinski definition) is 2. The van der Waals surface area contributed by atoms with Gasteiger partial charge in [-0.25, -0.2) is 0 Å². The number of hydrogen-bond acceptors (Lipinski definition) is 2. The molecule has 0 aliphatic heterocycles. The molecule has 2 atom stereocenters. The molecule has 0 rings (SSSR count). The van der Waals surface area contributed by atoms with E-state index >= 15 is 0 Å². The molecule has 10 heavy (non-hydrogen) atoms. The van der Waals surface area contributed by atoms with Gasteiger partial charge in [0.25, 0.3) is 0 Å². The van der Waals surface area contributed by atoms with Crippen molar-refractivity contribution in [2.45, 2.75) is 19.4 Å². The minimum Gasteiger partial charge on any atom is -0.480 e. The first-order valence-corrected chi connectivity index (χ1v) is 3.12. The highest BCUT2D eigenvalue weighted by molar-refractivity contribution is 5.72. The zero-order valence-electron chi connectivity index (χ0n) is 5.88. The first-order valence-electron chi connectivity index (χ1n) is 3.12. The van der Waals surface area contributed by atoms with Crippen LogP contribution in [0.4, 0.5) is 4.39 Å². The number of alkyl halides is 1. The zero-order valence-corrected chi connectivity index (χ0v) is 5.88. The molecular formula is C6H12FNO2. The number of rotatable bonds is 4. The van der Waals surface area contributed by atoms with Crippen LogP contribution in [0.25, 0.3) is 0 Å². The molecule has 1 unspecified atom stereocenters. The van der Waals surface area contributed by atoms with Crippen LogP contribution in [-0.4, -0.2) is 23.8 Å². The van der Waals surface area contributed by atoms with Gasteiger partial charge in [0.15, 0.2) is 0 Å². The Hall–Kier alpha value is -0.640. The van der Waals surface area contributed by atoms with Gasteiger partial charge in [-0.2, -0.15) is 0 Å². The lowest BCUT2D eigenvalue weighted by atomic mass is 10.0.